The van der Waals surface area contributed by atoms with Crippen molar-refractivity contribution in [1.29, 1.82) is 0 Å². The quantitative estimate of drug-likeness (QED) is 0.358. The molecule has 1 aliphatic rings. The molecule has 1 atom stereocenters. The first kappa shape index (κ1) is 28.3. The normalized spacial score (nSPS) is 21.1. The number of alkyl carbamates (subject to hydrolysis) is 1. The van der Waals surface area contributed by atoms with Crippen LogP contribution < -0.4 is 14.8 Å². The zero-order valence-corrected chi connectivity index (χ0v) is 22.4. The van der Waals surface area contributed by atoms with Crippen molar-refractivity contribution in [1.82, 2.24) is 10.3 Å². The van der Waals surface area contributed by atoms with Gasteiger partial charge in [0.25, 0.3) is 0 Å². The molecular weight excluding hydrogens is 484 g/mol. The van der Waals surface area contributed by atoms with Crippen LogP contribution in [-0.4, -0.2) is 57.9 Å². The largest absolute Gasteiger partial charge is 0.489 e. The molecule has 3 rings (SSSR count). The maximum absolute atomic E-state index is 12.5. The Hall–Kier alpha value is -2.29. The van der Waals surface area contributed by atoms with Crippen molar-refractivity contribution in [3.63, 3.8) is 0 Å². The third kappa shape index (κ3) is 7.85. The van der Waals surface area contributed by atoms with Crippen molar-refractivity contribution >= 4 is 28.5 Å². The van der Waals surface area contributed by atoms with Gasteiger partial charge in [0.2, 0.25) is 5.88 Å². The lowest BCUT2D eigenvalue weighted by molar-refractivity contribution is 0.0141. The summed E-state index contributed by atoms with van der Waals surface area (Å²) in [6.45, 7) is 7.74. The minimum Gasteiger partial charge on any atom is -0.489 e. The number of nitrogens with zero attached hydrogens (tertiary/aromatic N) is 1. The number of benzene rings is 1. The number of aromatic nitrogens is 1. The number of hydrogen-bond donors (Lipinski definition) is 3. The third-order valence-corrected chi connectivity index (χ3v) is 6.60. The molecule has 3 N–H and O–H groups in total. The Morgan fingerprint density at radius 1 is 1.31 bits per heavy atom. The number of carbonyl (C=O) groups is 1. The lowest BCUT2D eigenvalue weighted by Gasteiger charge is -2.42. The minimum absolute atomic E-state index is 0.109. The summed E-state index contributed by atoms with van der Waals surface area (Å²) in [5.74, 6) is 1.15. The highest BCUT2D eigenvalue weighted by Gasteiger charge is 2.40. The molecule has 1 amide bonds. The Balaban J connectivity index is 1.70. The first-order valence-electron chi connectivity index (χ1n) is 12.7. The number of halogens is 1. The van der Waals surface area contributed by atoms with E-state index in [-0.39, 0.29) is 19.1 Å². The zero-order chi connectivity index (χ0) is 26.3. The molecule has 1 saturated carbocycles. The number of carbonyl (C=O) groups excluding carboxylic acids is 1. The van der Waals surface area contributed by atoms with Gasteiger partial charge in [-0.1, -0.05) is 24.9 Å². The van der Waals surface area contributed by atoms with Gasteiger partial charge >= 0.3 is 6.09 Å². The molecule has 200 valence electrons. The molecule has 0 spiro atoms. The van der Waals surface area contributed by atoms with E-state index in [1.165, 1.54) is 0 Å². The summed E-state index contributed by atoms with van der Waals surface area (Å²) in [7, 11) is 0. The monoisotopic (exact) mass is 522 g/mol. The molecule has 1 aromatic carbocycles. The van der Waals surface area contributed by atoms with Gasteiger partial charge in [-0.25, -0.2) is 9.78 Å². The van der Waals surface area contributed by atoms with E-state index in [0.29, 0.717) is 48.9 Å². The number of hydrogen-bond acceptors (Lipinski definition) is 7. The Bertz CT molecular complexity index is 1020. The van der Waals surface area contributed by atoms with E-state index in [9.17, 15) is 15.0 Å². The van der Waals surface area contributed by atoms with Gasteiger partial charge in [0.1, 0.15) is 11.4 Å². The van der Waals surface area contributed by atoms with Gasteiger partial charge in [-0.3, -0.25) is 0 Å². The van der Waals surface area contributed by atoms with Crippen LogP contribution in [0.1, 0.15) is 72.6 Å². The number of fused-ring (bicyclic) bond motifs is 1. The number of amides is 1. The predicted octanol–water partition coefficient (Wildman–Crippen LogP) is 5.40. The number of unbranched alkanes of at least 4 members (excludes halogenated alkanes) is 1. The summed E-state index contributed by atoms with van der Waals surface area (Å²) in [6, 6.07) is 5.63. The van der Waals surface area contributed by atoms with Gasteiger partial charge in [0, 0.05) is 17.1 Å². The van der Waals surface area contributed by atoms with Crippen molar-refractivity contribution in [3.8, 4) is 11.6 Å². The van der Waals surface area contributed by atoms with Gasteiger partial charge in [-0.2, -0.15) is 0 Å². The Morgan fingerprint density at radius 2 is 2.03 bits per heavy atom. The van der Waals surface area contributed by atoms with E-state index in [1.807, 2.05) is 18.2 Å². The first-order valence-corrected chi connectivity index (χ1v) is 13.1. The highest BCUT2D eigenvalue weighted by molar-refractivity contribution is 6.33. The lowest BCUT2D eigenvalue weighted by atomic mass is 9.77. The average Bonchev–Trinajstić information content (AvgIpc) is 2.80. The molecule has 0 aliphatic heterocycles. The number of ether oxygens (including phenoxy) is 3. The van der Waals surface area contributed by atoms with Crippen LogP contribution in [0.5, 0.6) is 11.6 Å². The SMILES string of the molecule is CCCCOc1nccc2cc(OC3CCC(CC(O)CO)(NC(=O)OC(C)(C)C)CC3)c(Cl)cc12. The minimum atomic E-state index is -0.935. The van der Waals surface area contributed by atoms with Crippen molar-refractivity contribution in [2.24, 2.45) is 0 Å². The van der Waals surface area contributed by atoms with Crippen LogP contribution in [-0.2, 0) is 4.74 Å². The van der Waals surface area contributed by atoms with Crippen LogP contribution in [0.15, 0.2) is 24.4 Å². The Morgan fingerprint density at radius 3 is 2.67 bits per heavy atom. The second-order valence-electron chi connectivity index (χ2n) is 10.6. The van der Waals surface area contributed by atoms with Crippen molar-refractivity contribution < 1.29 is 29.2 Å². The van der Waals surface area contributed by atoms with Crippen LogP contribution in [0.2, 0.25) is 5.02 Å². The highest BCUT2D eigenvalue weighted by atomic mass is 35.5. The molecule has 36 heavy (non-hydrogen) atoms. The number of nitrogens with one attached hydrogen (secondary N) is 1. The van der Waals surface area contributed by atoms with Gasteiger partial charge in [-0.05, 0) is 82.9 Å². The lowest BCUT2D eigenvalue weighted by Crippen LogP contribution is -2.54. The maximum Gasteiger partial charge on any atom is 0.408 e. The van der Waals surface area contributed by atoms with E-state index in [2.05, 4.69) is 17.2 Å². The fraction of sp³-hybridized carbons (Fsp3) is 0.630. The van der Waals surface area contributed by atoms with Crippen molar-refractivity contribution in [2.75, 3.05) is 13.2 Å². The third-order valence-electron chi connectivity index (χ3n) is 6.30. The number of pyridine rings is 1. The topological polar surface area (TPSA) is 110 Å². The summed E-state index contributed by atoms with van der Waals surface area (Å²) >= 11 is 6.59. The molecule has 1 aliphatic carbocycles. The number of aliphatic hydroxyl groups is 2. The van der Waals surface area contributed by atoms with Crippen LogP contribution in [0, 0.1) is 0 Å². The molecule has 1 fully saturated rings. The van der Waals surface area contributed by atoms with Gasteiger partial charge < -0.3 is 29.7 Å². The molecule has 8 nitrogen and oxygen atoms in total. The maximum atomic E-state index is 12.5. The Labute approximate surface area is 218 Å². The molecule has 1 heterocycles. The molecule has 0 bridgehead atoms. The zero-order valence-electron chi connectivity index (χ0n) is 21.7. The van der Waals surface area contributed by atoms with Crippen molar-refractivity contribution in [3.05, 3.63) is 29.4 Å². The first-order chi connectivity index (χ1) is 17.0. The summed E-state index contributed by atoms with van der Waals surface area (Å²) < 4.78 is 17.6. The van der Waals surface area contributed by atoms with Crippen LogP contribution in [0.4, 0.5) is 4.79 Å². The van der Waals surface area contributed by atoms with E-state index in [0.717, 1.165) is 23.6 Å². The van der Waals surface area contributed by atoms with E-state index >= 15 is 0 Å². The number of aliphatic hydroxyl groups excluding tert-OH is 2. The van der Waals surface area contributed by atoms with Crippen LogP contribution >= 0.6 is 11.6 Å². The van der Waals surface area contributed by atoms with E-state index < -0.39 is 23.3 Å². The molecule has 1 aromatic heterocycles. The fourth-order valence-corrected chi connectivity index (χ4v) is 4.73. The van der Waals surface area contributed by atoms with E-state index in [4.69, 9.17) is 25.8 Å². The summed E-state index contributed by atoms with van der Waals surface area (Å²) in [6.07, 6.45) is 4.79. The average molecular weight is 523 g/mol. The van der Waals surface area contributed by atoms with E-state index in [1.54, 1.807) is 27.0 Å². The highest BCUT2D eigenvalue weighted by Crippen LogP contribution is 2.38. The van der Waals surface area contributed by atoms with Gasteiger partial charge in [0.05, 0.1) is 30.4 Å². The summed E-state index contributed by atoms with van der Waals surface area (Å²) in [5, 5.41) is 24.8. The van der Waals surface area contributed by atoms with Gasteiger partial charge in [-0.15, -0.1) is 0 Å². The predicted molar refractivity (Wildman–Crippen MR) is 140 cm³/mol. The van der Waals surface area contributed by atoms with Crippen molar-refractivity contribution in [2.45, 2.75) is 96.0 Å². The molecule has 9 heteroatoms. The summed E-state index contributed by atoms with van der Waals surface area (Å²) in [5.41, 5.74) is -1.32. The number of rotatable bonds is 10. The molecule has 0 radical (unpaired) electrons. The standard InChI is InChI=1S/C27H39ClN2O6/c1-5-6-13-34-24-21-15-22(28)23(14-18(21)9-12-29-24)35-20-7-10-27(11-8-20,16-19(32)17-31)30-25(33)36-26(2,3)4/h9,12,14-15,19-20,31-32H,5-8,10-11,13,16-17H2,1-4H3,(H,30,33). The molecule has 1 unspecified atom stereocenters. The smallest absolute Gasteiger partial charge is 0.408 e. The molecular formula is C27H39ClN2O6. The van der Waals surface area contributed by atoms with Crippen LogP contribution in [0.3, 0.4) is 0 Å². The van der Waals surface area contributed by atoms with Gasteiger partial charge in [0.15, 0.2) is 0 Å². The second-order valence-corrected chi connectivity index (χ2v) is 11.0. The fourth-order valence-electron chi connectivity index (χ4n) is 4.52. The second kappa shape index (κ2) is 12.3. The molecule has 2 aromatic rings. The summed E-state index contributed by atoms with van der Waals surface area (Å²) in [4.78, 5) is 16.9. The molecule has 0 saturated heterocycles. The van der Waals surface area contributed by atoms with Crippen LogP contribution in [0.25, 0.3) is 10.8 Å². The Kier molecular flexibility index (Phi) is 9.66.